The average molecular weight is 565 g/mol. The van der Waals surface area contributed by atoms with E-state index >= 15 is 0 Å². The molecule has 2 aromatic rings. The first-order valence-corrected chi connectivity index (χ1v) is 17.2. The van der Waals surface area contributed by atoms with Crippen molar-refractivity contribution in [2.75, 3.05) is 20.4 Å². The maximum Gasteiger partial charge on any atom is 0.333 e. The van der Waals surface area contributed by atoms with Crippen LogP contribution in [0.4, 0.5) is 0 Å². The van der Waals surface area contributed by atoms with Crippen LogP contribution >= 0.6 is 7.60 Å². The molecule has 0 heterocycles. The highest BCUT2D eigenvalue weighted by Gasteiger charge is 2.43. The zero-order valence-corrected chi connectivity index (χ0v) is 25.4. The lowest BCUT2D eigenvalue weighted by Crippen LogP contribution is -2.47. The van der Waals surface area contributed by atoms with E-state index in [9.17, 15) is 14.2 Å². The van der Waals surface area contributed by atoms with Crippen molar-refractivity contribution in [1.82, 2.24) is 0 Å². The third kappa shape index (κ3) is 9.78. The highest BCUT2D eigenvalue weighted by Crippen LogP contribution is 2.52. The predicted molar refractivity (Wildman–Crippen MR) is 149 cm³/mol. The maximum absolute atomic E-state index is 14.1. The summed E-state index contributed by atoms with van der Waals surface area (Å²) < 4.78 is 42.1. The van der Waals surface area contributed by atoms with Gasteiger partial charge < -0.3 is 22.9 Å². The Morgan fingerprint density at radius 2 is 1.26 bits per heavy atom. The number of rotatable bonds is 14. The molecule has 2 unspecified atom stereocenters. The number of benzene rings is 2. The summed E-state index contributed by atoms with van der Waals surface area (Å²) in [4.78, 5) is 25.6. The molecule has 0 aliphatic carbocycles. The number of esters is 2. The van der Waals surface area contributed by atoms with Gasteiger partial charge in [-0.2, -0.15) is 0 Å². The van der Waals surface area contributed by atoms with Gasteiger partial charge in [-0.05, 0) is 35.7 Å². The van der Waals surface area contributed by atoms with E-state index in [2.05, 4.69) is 0 Å². The van der Waals surface area contributed by atoms with Gasteiger partial charge in [-0.1, -0.05) is 81.4 Å². The Morgan fingerprint density at radius 1 is 0.816 bits per heavy atom. The van der Waals surface area contributed by atoms with Crippen LogP contribution < -0.4 is 0 Å². The summed E-state index contributed by atoms with van der Waals surface area (Å²) in [5, 5.41) is -0.188. The summed E-state index contributed by atoms with van der Waals surface area (Å²) in [5.41, 5.74) is 1.61. The van der Waals surface area contributed by atoms with Crippen molar-refractivity contribution in [3.05, 3.63) is 71.8 Å². The summed E-state index contributed by atoms with van der Waals surface area (Å²) in [6.07, 6.45) is -1.41. The Kier molecular flexibility index (Phi) is 11.9. The van der Waals surface area contributed by atoms with Crippen molar-refractivity contribution in [3.63, 3.8) is 0 Å². The molecule has 2 rings (SSSR count). The molecule has 8 nitrogen and oxygen atoms in total. The highest BCUT2D eigenvalue weighted by molar-refractivity contribution is 7.53. The van der Waals surface area contributed by atoms with Crippen LogP contribution in [0.2, 0.25) is 18.1 Å². The molecule has 38 heavy (non-hydrogen) atoms. The number of carbonyl (C=O) groups is 2. The van der Waals surface area contributed by atoms with E-state index in [1.807, 2.05) is 94.5 Å². The quantitative estimate of drug-likeness (QED) is 0.149. The lowest BCUT2D eigenvalue weighted by molar-refractivity contribution is -0.152. The maximum atomic E-state index is 14.1. The average Bonchev–Trinajstić information content (AvgIpc) is 2.89. The molecule has 210 valence electrons. The second-order valence-corrected chi connectivity index (χ2v) is 17.5. The molecule has 0 fully saturated rings. The van der Waals surface area contributed by atoms with E-state index in [0.717, 1.165) is 11.1 Å². The van der Waals surface area contributed by atoms with Crippen molar-refractivity contribution < 1.29 is 37.1 Å². The van der Waals surface area contributed by atoms with Crippen LogP contribution in [-0.4, -0.2) is 46.7 Å². The fraction of sp³-hybridized carbons (Fsp3) is 0.500. The van der Waals surface area contributed by atoms with Gasteiger partial charge >= 0.3 is 19.5 Å². The first kappa shape index (κ1) is 31.9. The fourth-order valence-corrected chi connectivity index (χ4v) is 6.51. The molecule has 0 radical (unpaired) electrons. The van der Waals surface area contributed by atoms with Crippen molar-refractivity contribution >= 4 is 27.9 Å². The van der Waals surface area contributed by atoms with Gasteiger partial charge in [-0.3, -0.25) is 9.36 Å². The minimum atomic E-state index is -3.85. The summed E-state index contributed by atoms with van der Waals surface area (Å²) in [6.45, 7) is 10.2. The van der Waals surface area contributed by atoms with Crippen LogP contribution in [-0.2, 0) is 50.3 Å². The van der Waals surface area contributed by atoms with E-state index < -0.39 is 39.9 Å². The standard InChI is InChI=1S/C28H41O8PSi/c1-28(2,3)38(6,7)36-25(27(30)33-5)18-24(26(29)32-4)21-37(31,34-19-22-14-10-8-11-15-22)35-20-23-16-12-9-13-17-23/h8-17,24-25H,18-21H2,1-7H3. The number of carbonyl (C=O) groups excluding carboxylic acids is 2. The van der Waals surface area contributed by atoms with E-state index in [1.54, 1.807) is 0 Å². The molecule has 10 heteroatoms. The van der Waals surface area contributed by atoms with Crippen LogP contribution in [0.3, 0.4) is 0 Å². The lowest BCUT2D eigenvalue weighted by atomic mass is 10.0. The minimum Gasteiger partial charge on any atom is -0.469 e. The Balaban J connectivity index is 2.33. The topological polar surface area (TPSA) is 97.4 Å². The Bertz CT molecular complexity index is 1020. The van der Waals surface area contributed by atoms with E-state index in [-0.39, 0.29) is 30.8 Å². The highest BCUT2D eigenvalue weighted by atomic mass is 31.2. The van der Waals surface area contributed by atoms with Crippen molar-refractivity contribution in [3.8, 4) is 0 Å². The van der Waals surface area contributed by atoms with Crippen molar-refractivity contribution in [1.29, 1.82) is 0 Å². The second-order valence-electron chi connectivity index (χ2n) is 10.7. The Labute approximate surface area is 227 Å². The van der Waals surface area contributed by atoms with Crippen LogP contribution in [0, 0.1) is 5.92 Å². The van der Waals surface area contributed by atoms with Gasteiger partial charge in [-0.25, -0.2) is 4.79 Å². The van der Waals surface area contributed by atoms with Gasteiger partial charge in [0.15, 0.2) is 8.32 Å². The van der Waals surface area contributed by atoms with Crippen molar-refractivity contribution in [2.45, 2.75) is 64.6 Å². The molecule has 0 bridgehead atoms. The van der Waals surface area contributed by atoms with E-state index in [1.165, 1.54) is 14.2 Å². The monoisotopic (exact) mass is 564 g/mol. The molecular weight excluding hydrogens is 523 g/mol. The van der Waals surface area contributed by atoms with E-state index in [0.29, 0.717) is 0 Å². The fourth-order valence-electron chi connectivity index (χ4n) is 3.43. The molecule has 0 amide bonds. The molecule has 0 N–H and O–H groups in total. The smallest absolute Gasteiger partial charge is 0.333 e. The van der Waals surface area contributed by atoms with Gasteiger partial charge in [0.1, 0.15) is 6.10 Å². The largest absolute Gasteiger partial charge is 0.469 e. The van der Waals surface area contributed by atoms with Gasteiger partial charge in [0.2, 0.25) is 0 Å². The molecule has 0 aliphatic rings. The second kappa shape index (κ2) is 14.2. The van der Waals surface area contributed by atoms with Crippen LogP contribution in [0.25, 0.3) is 0 Å². The van der Waals surface area contributed by atoms with E-state index in [4.69, 9.17) is 22.9 Å². The van der Waals surface area contributed by atoms with Crippen LogP contribution in [0.1, 0.15) is 38.3 Å². The predicted octanol–water partition coefficient (Wildman–Crippen LogP) is 6.36. The lowest BCUT2D eigenvalue weighted by Gasteiger charge is -2.39. The summed E-state index contributed by atoms with van der Waals surface area (Å²) in [6, 6.07) is 18.5. The van der Waals surface area contributed by atoms with Crippen LogP contribution in [0.5, 0.6) is 0 Å². The molecule has 0 saturated heterocycles. The molecule has 0 aromatic heterocycles. The Hall–Kier alpha value is -2.29. The third-order valence-corrected chi connectivity index (χ3v) is 13.1. The first-order valence-electron chi connectivity index (χ1n) is 12.6. The number of hydrogen-bond donors (Lipinski definition) is 0. The summed E-state index contributed by atoms with van der Waals surface area (Å²) in [5.74, 6) is -2.23. The number of hydrogen-bond acceptors (Lipinski definition) is 8. The van der Waals surface area contributed by atoms with Crippen LogP contribution in [0.15, 0.2) is 60.7 Å². The third-order valence-electron chi connectivity index (χ3n) is 6.73. The number of methoxy groups -OCH3 is 2. The number of ether oxygens (including phenoxy) is 2. The zero-order valence-electron chi connectivity index (χ0n) is 23.5. The zero-order chi connectivity index (χ0) is 28.4. The van der Waals surface area contributed by atoms with Gasteiger partial charge in [0, 0.05) is 0 Å². The SMILES string of the molecule is COC(=O)C(CC(O[Si](C)(C)C(C)(C)C)C(=O)OC)CP(=O)(OCc1ccccc1)OCc1ccccc1. The molecule has 2 aromatic carbocycles. The minimum absolute atomic E-state index is 0.0295. The van der Waals surface area contributed by atoms with Gasteiger partial charge in [-0.15, -0.1) is 0 Å². The molecule has 2 atom stereocenters. The molecule has 0 spiro atoms. The Morgan fingerprint density at radius 3 is 1.66 bits per heavy atom. The summed E-state index contributed by atoms with van der Waals surface area (Å²) in [7, 11) is -3.75. The van der Waals surface area contributed by atoms with Gasteiger partial charge in [0.05, 0.1) is 39.5 Å². The molecular formula is C28H41O8PSi. The normalized spacial score (nSPS) is 14.0. The summed E-state index contributed by atoms with van der Waals surface area (Å²) >= 11 is 0. The molecule has 0 saturated carbocycles. The van der Waals surface area contributed by atoms with Gasteiger partial charge in [0.25, 0.3) is 0 Å². The van der Waals surface area contributed by atoms with Crippen molar-refractivity contribution in [2.24, 2.45) is 5.92 Å². The molecule has 0 aliphatic heterocycles. The first-order chi connectivity index (χ1) is 17.8.